The van der Waals surface area contributed by atoms with Crippen LogP contribution < -0.4 is 0 Å². The van der Waals surface area contributed by atoms with Crippen LogP contribution in [0, 0.1) is 0 Å². The molecule has 0 aromatic carbocycles. The lowest BCUT2D eigenvalue weighted by molar-refractivity contribution is 2.04. The van der Waals surface area contributed by atoms with Crippen LogP contribution in [0.15, 0.2) is 18.4 Å². The van der Waals surface area contributed by atoms with Crippen molar-refractivity contribution in [3.8, 4) is 0 Å². The third kappa shape index (κ3) is 2.16. The Bertz CT molecular complexity index is 122. The highest BCUT2D eigenvalue weighted by atomic mass is 32.2. The fourth-order valence-corrected chi connectivity index (χ4v) is 1.61. The van der Waals surface area contributed by atoms with Gasteiger partial charge < -0.3 is 0 Å². The van der Waals surface area contributed by atoms with E-state index in [9.17, 15) is 0 Å². The lowest BCUT2D eigenvalue weighted by Crippen LogP contribution is -1.32. The lowest BCUT2D eigenvalue weighted by atomic mass is 11.3. The van der Waals surface area contributed by atoms with E-state index in [2.05, 4.69) is 7.54 Å². The maximum atomic E-state index is 3.83. The van der Waals surface area contributed by atoms with E-state index >= 15 is 0 Å². The van der Waals surface area contributed by atoms with Gasteiger partial charge in [0.15, 0.2) is 0 Å². The molecule has 0 N–H and O–H groups in total. The van der Waals surface area contributed by atoms with E-state index < -0.39 is 0 Å². The van der Waals surface area contributed by atoms with Gasteiger partial charge >= 0.3 is 0 Å². The van der Waals surface area contributed by atoms with E-state index in [1.165, 1.54) is 35.3 Å². The first-order valence-corrected chi connectivity index (χ1v) is 3.94. The minimum atomic E-state index is 1.23. The molecule has 0 atom stereocenters. The van der Waals surface area contributed by atoms with Crippen LogP contribution in [0.25, 0.3) is 0 Å². The van der Waals surface area contributed by atoms with Crippen molar-refractivity contribution in [1.29, 1.82) is 0 Å². The summed E-state index contributed by atoms with van der Waals surface area (Å²) in [6.45, 7) is 0. The molecule has 7 heavy (non-hydrogen) atoms. The second-order valence-electron chi connectivity index (χ2n) is 0.714. The second-order valence-corrected chi connectivity index (χ2v) is 3.04. The minimum absolute atomic E-state index is 1.23. The molecular weight excluding hydrogens is 148 g/mol. The molecule has 1 heterocycles. The van der Waals surface area contributed by atoms with Crippen molar-refractivity contribution in [1.82, 2.24) is 0 Å². The smallest absolute Gasteiger partial charge is 0.0837 e. The van der Waals surface area contributed by atoms with Crippen LogP contribution in [0.1, 0.15) is 0 Å². The zero-order valence-corrected chi connectivity index (χ0v) is 5.72. The highest BCUT2D eigenvalue weighted by Gasteiger charge is 1.76. The SMILES string of the molecule is C1=CSN=S=NS1. The van der Waals surface area contributed by atoms with Crippen molar-refractivity contribution in [2.45, 2.75) is 0 Å². The van der Waals surface area contributed by atoms with Crippen molar-refractivity contribution in [2.75, 3.05) is 0 Å². The molecule has 0 aromatic rings. The largest absolute Gasteiger partial charge is 0.136 e. The molecule has 0 saturated heterocycles. The molecule has 0 bridgehead atoms. The summed E-state index contributed by atoms with van der Waals surface area (Å²) in [7, 11) is 0. The number of hydrogen-bond acceptors (Lipinski definition) is 4. The van der Waals surface area contributed by atoms with Crippen molar-refractivity contribution in [3.63, 3.8) is 0 Å². The second kappa shape index (κ2) is 3.29. The van der Waals surface area contributed by atoms with Crippen molar-refractivity contribution in [2.24, 2.45) is 7.54 Å². The monoisotopic (exact) mass is 150 g/mol. The highest BCUT2D eigenvalue weighted by Crippen LogP contribution is 2.13. The van der Waals surface area contributed by atoms with E-state index in [1.54, 1.807) is 0 Å². The Balaban J connectivity index is 2.60. The van der Waals surface area contributed by atoms with Gasteiger partial charge in [0, 0.05) is 34.7 Å². The van der Waals surface area contributed by atoms with Gasteiger partial charge in [-0.25, -0.2) is 0 Å². The summed E-state index contributed by atoms with van der Waals surface area (Å²) < 4.78 is 7.66. The maximum Gasteiger partial charge on any atom is 0.0837 e. The van der Waals surface area contributed by atoms with Crippen LogP contribution in [0.3, 0.4) is 0 Å². The number of rotatable bonds is 0. The van der Waals surface area contributed by atoms with Gasteiger partial charge in [0.2, 0.25) is 0 Å². The first kappa shape index (κ1) is 5.40. The van der Waals surface area contributed by atoms with Gasteiger partial charge in [0.05, 0.1) is 11.4 Å². The van der Waals surface area contributed by atoms with E-state index in [-0.39, 0.29) is 0 Å². The lowest BCUT2D eigenvalue weighted by Gasteiger charge is -1.67. The van der Waals surface area contributed by atoms with E-state index in [4.69, 9.17) is 0 Å². The fourth-order valence-electron chi connectivity index (χ4n) is 0.151. The first-order chi connectivity index (χ1) is 3.50. The molecule has 0 unspecified atom stereocenters. The highest BCUT2D eigenvalue weighted by molar-refractivity contribution is 8.09. The molecule has 1 aliphatic rings. The Labute approximate surface area is 53.9 Å². The predicted octanol–water partition coefficient (Wildman–Crippen LogP) is 2.22. The molecule has 5 heteroatoms. The number of nitrogens with zero attached hydrogens (tertiary/aromatic N) is 2. The van der Waals surface area contributed by atoms with Gasteiger partial charge in [-0.15, -0.1) is 7.54 Å². The standard InChI is InChI=1S/C2H2N2S3/c1-2-6-4-7-3-5-1/h1-2H. The summed E-state index contributed by atoms with van der Waals surface area (Å²) >= 11 is 4.05. The summed E-state index contributed by atoms with van der Waals surface area (Å²) in [5.74, 6) is 0. The summed E-state index contributed by atoms with van der Waals surface area (Å²) in [4.78, 5) is 0. The third-order valence-electron chi connectivity index (χ3n) is 0.330. The summed E-state index contributed by atoms with van der Waals surface area (Å²) in [6, 6.07) is 0. The molecule has 0 aliphatic carbocycles. The zero-order chi connectivity index (χ0) is 4.95. The Morgan fingerprint density at radius 2 is 1.57 bits per heavy atom. The summed E-state index contributed by atoms with van der Waals surface area (Å²) in [5, 5.41) is 3.79. The fraction of sp³-hybridized carbons (Fsp3) is 0. The topological polar surface area (TPSA) is 24.7 Å². The van der Waals surface area contributed by atoms with Crippen LogP contribution in [0.5, 0.6) is 0 Å². The quantitative estimate of drug-likeness (QED) is 0.494. The molecule has 0 fully saturated rings. The molecule has 1 aliphatic heterocycles. The molecule has 1 rings (SSSR count). The van der Waals surface area contributed by atoms with Gasteiger partial charge in [-0.1, -0.05) is 0 Å². The van der Waals surface area contributed by atoms with Crippen LogP contribution in [-0.4, -0.2) is 0 Å². The van der Waals surface area contributed by atoms with Gasteiger partial charge in [-0.05, 0) is 0 Å². The maximum absolute atomic E-state index is 3.83. The third-order valence-corrected chi connectivity index (χ3v) is 2.24. The number of hydrogen-bond donors (Lipinski definition) is 0. The van der Waals surface area contributed by atoms with Crippen LogP contribution in [0.4, 0.5) is 0 Å². The van der Waals surface area contributed by atoms with E-state index in [1.807, 2.05) is 10.8 Å². The predicted molar refractivity (Wildman–Crippen MR) is 36.5 cm³/mol. The molecule has 0 aromatic heterocycles. The normalized spacial score (nSPS) is 18.3. The molecule has 2 nitrogen and oxygen atoms in total. The Hall–Kier alpha value is 0.260. The van der Waals surface area contributed by atoms with E-state index in [0.717, 1.165) is 0 Å². The van der Waals surface area contributed by atoms with Gasteiger partial charge in [-0.3, -0.25) is 0 Å². The van der Waals surface area contributed by atoms with Gasteiger partial charge in [-0.2, -0.15) is 0 Å². The molecule has 0 radical (unpaired) electrons. The van der Waals surface area contributed by atoms with E-state index in [0.29, 0.717) is 0 Å². The van der Waals surface area contributed by atoms with Crippen molar-refractivity contribution in [3.05, 3.63) is 10.8 Å². The first-order valence-electron chi connectivity index (χ1n) is 1.54. The molecule has 0 spiro atoms. The van der Waals surface area contributed by atoms with Crippen LogP contribution in [-0.2, 0) is 11.4 Å². The van der Waals surface area contributed by atoms with Crippen LogP contribution in [0.2, 0.25) is 0 Å². The zero-order valence-electron chi connectivity index (χ0n) is 3.27. The van der Waals surface area contributed by atoms with Crippen LogP contribution >= 0.6 is 23.9 Å². The van der Waals surface area contributed by atoms with Gasteiger partial charge in [0.25, 0.3) is 0 Å². The summed E-state index contributed by atoms with van der Waals surface area (Å²) in [6.07, 6.45) is 0. The van der Waals surface area contributed by atoms with Gasteiger partial charge in [0.1, 0.15) is 0 Å². The Morgan fingerprint density at radius 3 is 2.14 bits per heavy atom. The Morgan fingerprint density at radius 1 is 1.00 bits per heavy atom. The molecule has 38 valence electrons. The minimum Gasteiger partial charge on any atom is -0.136 e. The molecule has 0 amide bonds. The van der Waals surface area contributed by atoms with Crippen molar-refractivity contribution < 1.29 is 0 Å². The molecule has 0 saturated carbocycles. The molecular formula is C2H2N2S3. The summed E-state index contributed by atoms with van der Waals surface area (Å²) in [5.41, 5.74) is 0. The average molecular weight is 150 g/mol. The average Bonchev–Trinajstić information content (AvgIpc) is 1.90. The van der Waals surface area contributed by atoms with Crippen molar-refractivity contribution >= 4 is 35.3 Å². The Kier molecular flexibility index (Phi) is 2.53.